The van der Waals surface area contributed by atoms with Gasteiger partial charge in [-0.15, -0.1) is 0 Å². The molecule has 0 aliphatic carbocycles. The predicted molar refractivity (Wildman–Crippen MR) is 165 cm³/mol. The zero-order valence-corrected chi connectivity index (χ0v) is 24.1. The van der Waals surface area contributed by atoms with Crippen LogP contribution >= 0.6 is 0 Å². The summed E-state index contributed by atoms with van der Waals surface area (Å²) in [6, 6.07) is 32.7. The van der Waals surface area contributed by atoms with Gasteiger partial charge in [-0.25, -0.2) is 0 Å². The van der Waals surface area contributed by atoms with Gasteiger partial charge in [-0.3, -0.25) is 9.59 Å². The average molecular weight is 534 g/mol. The van der Waals surface area contributed by atoms with Crippen LogP contribution < -0.4 is 10.2 Å². The van der Waals surface area contributed by atoms with Crippen LogP contribution in [-0.2, 0) is 22.6 Å². The highest BCUT2D eigenvalue weighted by Crippen LogP contribution is 2.29. The molecule has 206 valence electrons. The quantitative estimate of drug-likeness (QED) is 0.236. The van der Waals surface area contributed by atoms with E-state index >= 15 is 0 Å². The highest BCUT2D eigenvalue weighted by molar-refractivity contribution is 5.98. The van der Waals surface area contributed by atoms with E-state index in [0.717, 1.165) is 27.9 Å². The second kappa shape index (κ2) is 13.1. The van der Waals surface area contributed by atoms with E-state index in [1.807, 2.05) is 117 Å². The van der Waals surface area contributed by atoms with Gasteiger partial charge < -0.3 is 15.1 Å². The highest BCUT2D eigenvalue weighted by Gasteiger charge is 2.32. The van der Waals surface area contributed by atoms with Crippen LogP contribution in [-0.4, -0.2) is 30.8 Å². The van der Waals surface area contributed by atoms with Gasteiger partial charge in [0.15, 0.2) is 0 Å². The minimum absolute atomic E-state index is 0.106. The molecule has 40 heavy (non-hydrogen) atoms. The fourth-order valence-electron chi connectivity index (χ4n) is 4.76. The summed E-state index contributed by atoms with van der Waals surface area (Å²) in [7, 11) is 3.96. The SMILES string of the molecule is Cc1ccccc1CN(C(=O)Cc1ccccc1)[C@@H](C(=O)Nc1ccc(N(C)C)cc1)c1ccc(C(C)C)cc1. The van der Waals surface area contributed by atoms with Crippen LogP contribution in [0, 0.1) is 6.92 Å². The van der Waals surface area contributed by atoms with E-state index in [1.165, 1.54) is 5.56 Å². The molecule has 5 heteroatoms. The number of nitrogens with one attached hydrogen (secondary N) is 1. The van der Waals surface area contributed by atoms with Crippen LogP contribution in [0.1, 0.15) is 53.6 Å². The molecule has 0 saturated carbocycles. The number of carbonyl (C=O) groups excluding carboxylic acids is 2. The Hall–Kier alpha value is -4.38. The Morgan fingerprint density at radius 1 is 0.750 bits per heavy atom. The molecule has 0 radical (unpaired) electrons. The summed E-state index contributed by atoms with van der Waals surface area (Å²) >= 11 is 0. The third-order valence-electron chi connectivity index (χ3n) is 7.25. The Balaban J connectivity index is 1.75. The van der Waals surface area contributed by atoms with Crippen molar-refractivity contribution in [2.75, 3.05) is 24.3 Å². The first-order chi connectivity index (χ1) is 19.2. The fourth-order valence-corrected chi connectivity index (χ4v) is 4.76. The van der Waals surface area contributed by atoms with E-state index in [4.69, 9.17) is 0 Å². The molecular formula is C35H39N3O2. The lowest BCUT2D eigenvalue weighted by atomic mass is 9.96. The third kappa shape index (κ3) is 7.17. The fraction of sp³-hybridized carbons (Fsp3) is 0.257. The van der Waals surface area contributed by atoms with Crippen molar-refractivity contribution in [3.05, 3.63) is 131 Å². The number of aryl methyl sites for hydroxylation is 1. The van der Waals surface area contributed by atoms with Gasteiger partial charge in [-0.05, 0) is 64.9 Å². The largest absolute Gasteiger partial charge is 0.378 e. The van der Waals surface area contributed by atoms with Gasteiger partial charge in [-0.1, -0.05) is 92.7 Å². The van der Waals surface area contributed by atoms with E-state index in [0.29, 0.717) is 18.2 Å². The Morgan fingerprint density at radius 3 is 1.95 bits per heavy atom. The number of nitrogens with zero attached hydrogens (tertiary/aromatic N) is 2. The predicted octanol–water partition coefficient (Wildman–Crippen LogP) is 7.14. The Bertz CT molecular complexity index is 1410. The van der Waals surface area contributed by atoms with Gasteiger partial charge >= 0.3 is 0 Å². The number of benzene rings is 4. The van der Waals surface area contributed by atoms with Crippen LogP contribution in [0.3, 0.4) is 0 Å². The van der Waals surface area contributed by atoms with E-state index in [1.54, 1.807) is 4.90 Å². The van der Waals surface area contributed by atoms with Crippen LogP contribution in [0.4, 0.5) is 11.4 Å². The van der Waals surface area contributed by atoms with Gasteiger partial charge in [-0.2, -0.15) is 0 Å². The maximum absolute atomic E-state index is 14.1. The van der Waals surface area contributed by atoms with Crippen LogP contribution in [0.5, 0.6) is 0 Å². The average Bonchev–Trinajstić information content (AvgIpc) is 2.95. The molecule has 1 N–H and O–H groups in total. The van der Waals surface area contributed by atoms with E-state index < -0.39 is 6.04 Å². The van der Waals surface area contributed by atoms with E-state index in [2.05, 4.69) is 31.3 Å². The Labute approximate surface area is 238 Å². The normalized spacial score (nSPS) is 11.7. The summed E-state index contributed by atoms with van der Waals surface area (Å²) in [6.45, 7) is 6.64. The van der Waals surface area contributed by atoms with Crippen molar-refractivity contribution >= 4 is 23.2 Å². The third-order valence-corrected chi connectivity index (χ3v) is 7.25. The molecule has 0 heterocycles. The molecule has 0 aromatic heterocycles. The standard InChI is InChI=1S/C35H39N3O2/c1-25(2)28-15-17-29(18-16-28)34(35(40)36-31-19-21-32(22-20-31)37(4)5)38(24-30-14-10-9-11-26(30)3)33(39)23-27-12-7-6-8-13-27/h6-22,25,34H,23-24H2,1-5H3,(H,36,40)/t34-/m1/s1. The lowest BCUT2D eigenvalue weighted by molar-refractivity contribution is -0.139. The molecule has 0 bridgehead atoms. The zero-order valence-electron chi connectivity index (χ0n) is 24.1. The first-order valence-corrected chi connectivity index (χ1v) is 13.8. The molecule has 5 nitrogen and oxygen atoms in total. The lowest BCUT2D eigenvalue weighted by Crippen LogP contribution is -2.41. The van der Waals surface area contributed by atoms with Crippen LogP contribution in [0.15, 0.2) is 103 Å². The monoisotopic (exact) mass is 533 g/mol. The van der Waals surface area contributed by atoms with Crippen molar-refractivity contribution < 1.29 is 9.59 Å². The molecule has 4 aromatic rings. The van der Waals surface area contributed by atoms with Crippen molar-refractivity contribution in [2.45, 2.75) is 45.7 Å². The lowest BCUT2D eigenvalue weighted by Gasteiger charge is -2.32. The summed E-state index contributed by atoms with van der Waals surface area (Å²) in [5.41, 5.74) is 6.69. The summed E-state index contributed by atoms with van der Waals surface area (Å²) in [6.07, 6.45) is 0.206. The highest BCUT2D eigenvalue weighted by atomic mass is 16.2. The molecule has 0 spiro atoms. The minimum Gasteiger partial charge on any atom is -0.378 e. The molecule has 0 saturated heterocycles. The number of rotatable bonds is 10. The molecule has 1 atom stereocenters. The van der Waals surface area contributed by atoms with Gasteiger partial charge in [0.25, 0.3) is 5.91 Å². The maximum Gasteiger partial charge on any atom is 0.251 e. The zero-order chi connectivity index (χ0) is 28.6. The number of amides is 2. The molecule has 0 unspecified atom stereocenters. The molecule has 0 fully saturated rings. The van der Waals surface area contributed by atoms with E-state index in [-0.39, 0.29) is 18.2 Å². The number of anilines is 2. The van der Waals surface area contributed by atoms with Crippen molar-refractivity contribution in [1.82, 2.24) is 4.90 Å². The van der Waals surface area contributed by atoms with Crippen molar-refractivity contribution in [3.8, 4) is 0 Å². The van der Waals surface area contributed by atoms with Crippen molar-refractivity contribution in [2.24, 2.45) is 0 Å². The number of carbonyl (C=O) groups is 2. The molecule has 4 aromatic carbocycles. The number of hydrogen-bond acceptors (Lipinski definition) is 3. The van der Waals surface area contributed by atoms with Crippen molar-refractivity contribution in [1.29, 1.82) is 0 Å². The molecular weight excluding hydrogens is 494 g/mol. The second-order valence-corrected chi connectivity index (χ2v) is 10.8. The summed E-state index contributed by atoms with van der Waals surface area (Å²) < 4.78 is 0. The summed E-state index contributed by atoms with van der Waals surface area (Å²) in [5.74, 6) is 0.00899. The summed E-state index contributed by atoms with van der Waals surface area (Å²) in [4.78, 5) is 31.9. The van der Waals surface area contributed by atoms with Gasteiger partial charge in [0.05, 0.1) is 6.42 Å². The van der Waals surface area contributed by atoms with Crippen molar-refractivity contribution in [3.63, 3.8) is 0 Å². The van der Waals surface area contributed by atoms with Gasteiger partial charge in [0, 0.05) is 32.0 Å². The first-order valence-electron chi connectivity index (χ1n) is 13.8. The Kier molecular flexibility index (Phi) is 9.39. The van der Waals surface area contributed by atoms with Crippen LogP contribution in [0.25, 0.3) is 0 Å². The van der Waals surface area contributed by atoms with Crippen LogP contribution in [0.2, 0.25) is 0 Å². The molecule has 2 amide bonds. The van der Waals surface area contributed by atoms with Gasteiger partial charge in [0.2, 0.25) is 5.91 Å². The minimum atomic E-state index is -0.814. The molecule has 4 rings (SSSR count). The number of hydrogen-bond donors (Lipinski definition) is 1. The first kappa shape index (κ1) is 28.6. The molecule has 0 aliphatic heterocycles. The van der Waals surface area contributed by atoms with Gasteiger partial charge in [0.1, 0.15) is 6.04 Å². The maximum atomic E-state index is 14.1. The second-order valence-electron chi connectivity index (χ2n) is 10.8. The smallest absolute Gasteiger partial charge is 0.251 e. The molecule has 0 aliphatic rings. The topological polar surface area (TPSA) is 52.7 Å². The Morgan fingerprint density at radius 2 is 1.35 bits per heavy atom. The van der Waals surface area contributed by atoms with E-state index in [9.17, 15) is 9.59 Å². The summed E-state index contributed by atoms with van der Waals surface area (Å²) in [5, 5.41) is 3.09.